The largest absolute Gasteiger partial charge is 0.465 e. The van der Waals surface area contributed by atoms with Crippen LogP contribution in [0.15, 0.2) is 47.6 Å². The van der Waals surface area contributed by atoms with E-state index in [2.05, 4.69) is 22.2 Å². The van der Waals surface area contributed by atoms with Crippen molar-refractivity contribution in [2.45, 2.75) is 58.4 Å². The summed E-state index contributed by atoms with van der Waals surface area (Å²) in [5.41, 5.74) is 4.67. The Labute approximate surface area is 232 Å². The van der Waals surface area contributed by atoms with Crippen LogP contribution in [0.2, 0.25) is 0 Å². The Kier molecular flexibility index (Phi) is 11.3. The van der Waals surface area contributed by atoms with Crippen molar-refractivity contribution in [1.29, 1.82) is 0 Å². The average Bonchev–Trinajstić information content (AvgIpc) is 2.96. The number of hydrazone groups is 1. The first-order valence-electron chi connectivity index (χ1n) is 14.4. The van der Waals surface area contributed by atoms with Crippen LogP contribution < -0.4 is 5.32 Å². The summed E-state index contributed by atoms with van der Waals surface area (Å²) in [6.45, 7) is 7.51. The molecule has 0 spiro atoms. The Balaban J connectivity index is 1.20. The number of benzene rings is 2. The van der Waals surface area contributed by atoms with Gasteiger partial charge in [-0.3, -0.25) is 19.5 Å². The summed E-state index contributed by atoms with van der Waals surface area (Å²) in [7, 11) is 0. The van der Waals surface area contributed by atoms with Gasteiger partial charge in [-0.25, -0.2) is 0 Å². The van der Waals surface area contributed by atoms with Gasteiger partial charge in [-0.05, 0) is 53.8 Å². The molecule has 8 nitrogen and oxygen atoms in total. The van der Waals surface area contributed by atoms with E-state index in [9.17, 15) is 9.59 Å². The third-order valence-electron chi connectivity index (χ3n) is 7.20. The Morgan fingerprint density at radius 3 is 2.54 bits per heavy atom. The van der Waals surface area contributed by atoms with E-state index < -0.39 is 0 Å². The standard InChI is InChI=1S/C31H42N4O4/c1-2-3-4-5-6-7-18-39-30(36)24-34-15-14-26-21-27(10-11-28(26)23-34)31(37)33-29-12-8-25(9-13-29)22-32-35-16-19-38-20-17-35/h8-13,21-22H,2-7,14-20,23-24H2,1H3,(H,33,37). The van der Waals surface area contributed by atoms with Gasteiger partial charge in [0, 0.05) is 24.3 Å². The fourth-order valence-corrected chi connectivity index (χ4v) is 4.86. The van der Waals surface area contributed by atoms with Gasteiger partial charge in [0.1, 0.15) is 0 Å². The maximum absolute atomic E-state index is 12.9. The van der Waals surface area contributed by atoms with Crippen molar-refractivity contribution in [3.05, 3.63) is 64.7 Å². The molecular formula is C31H42N4O4. The van der Waals surface area contributed by atoms with E-state index in [1.54, 1.807) is 0 Å². The maximum Gasteiger partial charge on any atom is 0.320 e. The molecule has 0 unspecified atom stereocenters. The van der Waals surface area contributed by atoms with Crippen molar-refractivity contribution in [3.8, 4) is 0 Å². The van der Waals surface area contributed by atoms with Gasteiger partial charge < -0.3 is 14.8 Å². The number of nitrogens with zero attached hydrogens (tertiary/aromatic N) is 3. The molecular weight excluding hydrogens is 492 g/mol. The number of unbranched alkanes of at least 4 members (excludes halogenated alkanes) is 5. The van der Waals surface area contributed by atoms with E-state index in [1.807, 2.05) is 53.7 Å². The molecule has 2 aromatic rings. The summed E-state index contributed by atoms with van der Waals surface area (Å²) in [6.07, 6.45) is 9.70. The van der Waals surface area contributed by atoms with Crippen LogP contribution in [-0.4, -0.2) is 74.0 Å². The van der Waals surface area contributed by atoms with Crippen LogP contribution in [0.25, 0.3) is 0 Å². The van der Waals surface area contributed by atoms with Crippen molar-refractivity contribution in [2.24, 2.45) is 5.10 Å². The van der Waals surface area contributed by atoms with E-state index in [0.717, 1.165) is 61.3 Å². The molecule has 2 aromatic carbocycles. The summed E-state index contributed by atoms with van der Waals surface area (Å²) < 4.78 is 10.8. The number of hydrogen-bond donors (Lipinski definition) is 1. The smallest absolute Gasteiger partial charge is 0.320 e. The number of fused-ring (bicyclic) bond motifs is 1. The third kappa shape index (κ3) is 9.48. The third-order valence-corrected chi connectivity index (χ3v) is 7.20. The van der Waals surface area contributed by atoms with Gasteiger partial charge >= 0.3 is 5.97 Å². The zero-order valence-corrected chi connectivity index (χ0v) is 23.2. The van der Waals surface area contributed by atoms with Crippen molar-refractivity contribution >= 4 is 23.8 Å². The van der Waals surface area contributed by atoms with Crippen molar-refractivity contribution < 1.29 is 19.1 Å². The van der Waals surface area contributed by atoms with E-state index in [-0.39, 0.29) is 11.9 Å². The number of carbonyl (C=O) groups excluding carboxylic acids is 2. The first kappa shape index (κ1) is 28.8. The Hall–Kier alpha value is -3.23. The highest BCUT2D eigenvalue weighted by molar-refractivity contribution is 6.04. The molecule has 210 valence electrons. The molecule has 1 saturated heterocycles. The number of morpholine rings is 1. The fraction of sp³-hybridized carbons (Fsp3) is 0.516. The second-order valence-electron chi connectivity index (χ2n) is 10.3. The highest BCUT2D eigenvalue weighted by atomic mass is 16.5. The lowest BCUT2D eigenvalue weighted by Crippen LogP contribution is -2.35. The number of esters is 1. The van der Waals surface area contributed by atoms with Crippen LogP contribution in [0.4, 0.5) is 5.69 Å². The van der Waals surface area contributed by atoms with E-state index in [4.69, 9.17) is 9.47 Å². The average molecular weight is 535 g/mol. The summed E-state index contributed by atoms with van der Waals surface area (Å²) in [5.74, 6) is -0.283. The summed E-state index contributed by atoms with van der Waals surface area (Å²) in [4.78, 5) is 27.3. The van der Waals surface area contributed by atoms with Gasteiger partial charge in [0.05, 0.1) is 45.7 Å². The molecule has 8 heteroatoms. The minimum atomic E-state index is -0.151. The molecule has 1 amide bonds. The molecule has 39 heavy (non-hydrogen) atoms. The molecule has 4 rings (SSSR count). The zero-order chi connectivity index (χ0) is 27.3. The van der Waals surface area contributed by atoms with Gasteiger partial charge in [0.25, 0.3) is 5.91 Å². The number of carbonyl (C=O) groups is 2. The van der Waals surface area contributed by atoms with Crippen LogP contribution in [-0.2, 0) is 27.2 Å². The molecule has 0 bridgehead atoms. The molecule has 2 aliphatic heterocycles. The van der Waals surface area contributed by atoms with Gasteiger partial charge in [-0.1, -0.05) is 57.2 Å². The van der Waals surface area contributed by atoms with E-state index >= 15 is 0 Å². The molecule has 0 aliphatic carbocycles. The van der Waals surface area contributed by atoms with Gasteiger partial charge in [0.15, 0.2) is 0 Å². The summed E-state index contributed by atoms with van der Waals surface area (Å²) >= 11 is 0. The fourth-order valence-electron chi connectivity index (χ4n) is 4.86. The number of hydrogen-bond acceptors (Lipinski definition) is 7. The van der Waals surface area contributed by atoms with Gasteiger partial charge in [-0.15, -0.1) is 0 Å². The minimum Gasteiger partial charge on any atom is -0.465 e. The van der Waals surface area contributed by atoms with Crippen LogP contribution in [0, 0.1) is 0 Å². The van der Waals surface area contributed by atoms with Crippen molar-refractivity contribution in [3.63, 3.8) is 0 Å². The van der Waals surface area contributed by atoms with Crippen molar-refractivity contribution in [1.82, 2.24) is 9.91 Å². The molecule has 0 radical (unpaired) electrons. The minimum absolute atomic E-state index is 0.131. The summed E-state index contributed by atoms with van der Waals surface area (Å²) in [5, 5.41) is 9.48. The van der Waals surface area contributed by atoms with Crippen LogP contribution >= 0.6 is 0 Å². The first-order valence-corrected chi connectivity index (χ1v) is 14.4. The zero-order valence-electron chi connectivity index (χ0n) is 23.2. The second-order valence-corrected chi connectivity index (χ2v) is 10.3. The second kappa shape index (κ2) is 15.4. The molecule has 0 saturated carbocycles. The number of amides is 1. The molecule has 1 N–H and O–H groups in total. The normalized spacial score (nSPS) is 15.8. The SMILES string of the molecule is CCCCCCCCOC(=O)CN1CCc2cc(C(=O)Nc3ccc(C=NN4CCOCC4)cc3)ccc2C1. The van der Waals surface area contributed by atoms with Crippen LogP contribution in [0.1, 0.15) is 72.5 Å². The Morgan fingerprint density at radius 1 is 0.974 bits per heavy atom. The van der Waals surface area contributed by atoms with Gasteiger partial charge in [0.2, 0.25) is 0 Å². The number of ether oxygens (including phenoxy) is 2. The van der Waals surface area contributed by atoms with Crippen LogP contribution in [0.5, 0.6) is 0 Å². The lowest BCUT2D eigenvalue weighted by atomic mass is 9.97. The predicted octanol–water partition coefficient (Wildman–Crippen LogP) is 4.87. The monoisotopic (exact) mass is 534 g/mol. The lowest BCUT2D eigenvalue weighted by Gasteiger charge is -2.28. The molecule has 1 fully saturated rings. The lowest BCUT2D eigenvalue weighted by molar-refractivity contribution is -0.145. The van der Waals surface area contributed by atoms with Gasteiger partial charge in [-0.2, -0.15) is 5.10 Å². The highest BCUT2D eigenvalue weighted by Crippen LogP contribution is 2.21. The summed E-state index contributed by atoms with van der Waals surface area (Å²) in [6, 6.07) is 13.5. The quantitative estimate of drug-likeness (QED) is 0.224. The van der Waals surface area contributed by atoms with Crippen LogP contribution in [0.3, 0.4) is 0 Å². The molecule has 2 aliphatic rings. The number of anilines is 1. The number of nitrogens with one attached hydrogen (secondary N) is 1. The topological polar surface area (TPSA) is 83.5 Å². The van der Waals surface area contributed by atoms with E-state index in [0.29, 0.717) is 38.5 Å². The first-order chi connectivity index (χ1) is 19.1. The highest BCUT2D eigenvalue weighted by Gasteiger charge is 2.20. The predicted molar refractivity (Wildman–Crippen MR) is 154 cm³/mol. The van der Waals surface area contributed by atoms with E-state index in [1.165, 1.54) is 25.7 Å². The Bertz CT molecular complexity index is 1100. The Morgan fingerprint density at radius 2 is 1.74 bits per heavy atom. The van der Waals surface area contributed by atoms with Crippen molar-refractivity contribution in [2.75, 3.05) is 51.3 Å². The molecule has 0 atom stereocenters. The molecule has 0 aromatic heterocycles. The number of rotatable bonds is 13. The maximum atomic E-state index is 12.9. The molecule has 2 heterocycles.